The average Bonchev–Trinajstić information content (AvgIpc) is 3.55. The minimum Gasteiger partial charge on any atom is -0.491 e. The van der Waals surface area contributed by atoms with Crippen LogP contribution in [0, 0.1) is 12.8 Å². The number of nitrogens with zero attached hydrogens (tertiary/aromatic N) is 2. The van der Waals surface area contributed by atoms with E-state index in [1.54, 1.807) is 11.8 Å². The third-order valence-corrected chi connectivity index (χ3v) is 9.98. The van der Waals surface area contributed by atoms with Crippen LogP contribution in [0.3, 0.4) is 0 Å². The molecule has 1 aliphatic heterocycles. The fourth-order valence-corrected chi connectivity index (χ4v) is 7.11. The van der Waals surface area contributed by atoms with Crippen molar-refractivity contribution in [3.63, 3.8) is 0 Å². The molecule has 1 aliphatic rings. The van der Waals surface area contributed by atoms with Crippen molar-refractivity contribution >= 4 is 35.1 Å². The summed E-state index contributed by atoms with van der Waals surface area (Å²) in [7, 11) is 0. The van der Waals surface area contributed by atoms with Crippen LogP contribution < -0.4 is 15.0 Å². The van der Waals surface area contributed by atoms with Gasteiger partial charge in [-0.25, -0.2) is 4.98 Å². The number of imidazole rings is 1. The van der Waals surface area contributed by atoms with E-state index in [4.69, 9.17) is 9.47 Å². The van der Waals surface area contributed by atoms with Gasteiger partial charge in [0.2, 0.25) is 0 Å². The molecule has 0 saturated carbocycles. The molecule has 2 N–H and O–H groups in total. The lowest BCUT2D eigenvalue weighted by atomic mass is 9.96. The minimum absolute atomic E-state index is 0.0421. The summed E-state index contributed by atoms with van der Waals surface area (Å²) in [6.45, 7) is 14.7. The smallest absolute Gasteiger partial charge is 0.251 e. The zero-order valence-electron chi connectivity index (χ0n) is 30.5. The summed E-state index contributed by atoms with van der Waals surface area (Å²) in [5.41, 5.74) is 8.36. The third kappa shape index (κ3) is 10.7. The number of aromatic amines is 1. The highest BCUT2D eigenvalue weighted by Crippen LogP contribution is 2.34. The molecule has 3 aromatic carbocycles. The number of nitrogens with one attached hydrogen (secondary N) is 2. The molecule has 2 heterocycles. The lowest BCUT2D eigenvalue weighted by Gasteiger charge is -2.30. The molecule has 0 saturated heterocycles. The lowest BCUT2D eigenvalue weighted by molar-refractivity contribution is -0.112. The van der Waals surface area contributed by atoms with Crippen LogP contribution in [0.5, 0.6) is 5.75 Å². The normalized spacial score (nSPS) is 13.1. The molecule has 5 rings (SSSR count). The Morgan fingerprint density at radius 3 is 2.58 bits per heavy atom. The molecule has 0 unspecified atom stereocenters. The maximum absolute atomic E-state index is 13.8. The van der Waals surface area contributed by atoms with E-state index in [1.165, 1.54) is 10.6 Å². The van der Waals surface area contributed by atoms with Crippen molar-refractivity contribution in [1.29, 1.82) is 0 Å². The number of hydrogen-bond acceptors (Lipinski definition) is 6. The Balaban J connectivity index is 1.29. The number of benzene rings is 3. The van der Waals surface area contributed by atoms with Crippen LogP contribution in [0.25, 0.3) is 17.2 Å². The number of carbonyl (C=O) groups is 1. The van der Waals surface area contributed by atoms with E-state index in [9.17, 15) is 4.79 Å². The Morgan fingerprint density at radius 2 is 1.82 bits per heavy atom. The summed E-state index contributed by atoms with van der Waals surface area (Å²) in [4.78, 5) is 25.4. The van der Waals surface area contributed by atoms with E-state index < -0.39 is 0 Å². The van der Waals surface area contributed by atoms with Crippen molar-refractivity contribution in [2.24, 2.45) is 5.92 Å². The molecule has 0 bridgehead atoms. The number of H-pyrrole nitrogens is 1. The number of fused-ring (bicyclic) bond motifs is 1. The van der Waals surface area contributed by atoms with Gasteiger partial charge >= 0.3 is 0 Å². The summed E-state index contributed by atoms with van der Waals surface area (Å²) in [6, 6.07) is 21.1. The highest BCUT2D eigenvalue weighted by atomic mass is 32.2. The third-order valence-electron chi connectivity index (χ3n) is 8.76. The number of ether oxygens (including phenoxy) is 2. The first-order valence-electron chi connectivity index (χ1n) is 18.3. The minimum atomic E-state index is -0.0421. The Morgan fingerprint density at radius 1 is 1.00 bits per heavy atom. The summed E-state index contributed by atoms with van der Waals surface area (Å²) in [5, 5.41) is 3.21. The SMILES string of the molecule is CCCCOCCOc1ccc(-c2ccc3c(c2)C=C(C(=O)Nc2ccc(SCc4cnc(CCC)[nH]4)c(C)c2)CCCN3CC(C)C)cc1. The van der Waals surface area contributed by atoms with Gasteiger partial charge in [0, 0.05) is 65.6 Å². The molecule has 0 spiro atoms. The van der Waals surface area contributed by atoms with Gasteiger partial charge in [-0.2, -0.15) is 0 Å². The highest BCUT2D eigenvalue weighted by Gasteiger charge is 2.20. The van der Waals surface area contributed by atoms with Gasteiger partial charge in [-0.3, -0.25) is 4.79 Å². The predicted octanol–water partition coefficient (Wildman–Crippen LogP) is 10.1. The van der Waals surface area contributed by atoms with Gasteiger partial charge in [0.05, 0.1) is 6.61 Å². The van der Waals surface area contributed by atoms with Crippen LogP contribution in [0.4, 0.5) is 11.4 Å². The summed E-state index contributed by atoms with van der Waals surface area (Å²) in [5.74, 6) is 3.20. The van der Waals surface area contributed by atoms with Crippen molar-refractivity contribution in [2.75, 3.05) is 43.1 Å². The molecule has 1 amide bonds. The fourth-order valence-electron chi connectivity index (χ4n) is 6.20. The molecule has 4 aromatic rings. The van der Waals surface area contributed by atoms with Crippen LogP contribution in [0.1, 0.15) is 82.4 Å². The zero-order valence-corrected chi connectivity index (χ0v) is 31.3. The maximum Gasteiger partial charge on any atom is 0.251 e. The van der Waals surface area contributed by atoms with Gasteiger partial charge in [-0.05, 0) is 109 Å². The van der Waals surface area contributed by atoms with Gasteiger partial charge in [-0.15, -0.1) is 11.8 Å². The average molecular weight is 695 g/mol. The molecule has 0 fully saturated rings. The Kier molecular flexibility index (Phi) is 14.0. The second kappa shape index (κ2) is 18.8. The van der Waals surface area contributed by atoms with Gasteiger partial charge in [0.25, 0.3) is 5.91 Å². The Labute approximate surface area is 303 Å². The second-order valence-corrected chi connectivity index (χ2v) is 14.6. The van der Waals surface area contributed by atoms with Crippen LogP contribution >= 0.6 is 11.8 Å². The first-order chi connectivity index (χ1) is 24.3. The van der Waals surface area contributed by atoms with Gasteiger partial charge in [0.15, 0.2) is 0 Å². The Bertz CT molecular complexity index is 1710. The molecule has 7 nitrogen and oxygen atoms in total. The van der Waals surface area contributed by atoms with E-state index in [0.717, 1.165) is 115 Å². The van der Waals surface area contributed by atoms with Crippen LogP contribution in [-0.4, -0.2) is 48.8 Å². The number of carbonyl (C=O) groups excluding carboxylic acids is 1. The number of rotatable bonds is 17. The number of hydrogen-bond donors (Lipinski definition) is 2. The monoisotopic (exact) mass is 694 g/mol. The fraction of sp³-hybridized carbons (Fsp3) is 0.429. The molecule has 0 aliphatic carbocycles. The number of amides is 1. The van der Waals surface area contributed by atoms with E-state index in [1.807, 2.05) is 24.4 Å². The van der Waals surface area contributed by atoms with Gasteiger partial charge < -0.3 is 24.7 Å². The van der Waals surface area contributed by atoms with Crippen molar-refractivity contribution in [3.05, 3.63) is 95.1 Å². The first-order valence-corrected chi connectivity index (χ1v) is 19.3. The largest absolute Gasteiger partial charge is 0.491 e. The first kappa shape index (κ1) is 37.3. The van der Waals surface area contributed by atoms with E-state index in [0.29, 0.717) is 19.1 Å². The molecular formula is C42H54N4O3S. The van der Waals surface area contributed by atoms with Crippen LogP contribution in [-0.2, 0) is 21.7 Å². The number of thioether (sulfide) groups is 1. The molecule has 8 heteroatoms. The van der Waals surface area contributed by atoms with Crippen molar-refractivity contribution in [3.8, 4) is 16.9 Å². The standard InChI is InChI=1S/C42H54N4O3S/c1-6-8-21-48-22-23-49-38-16-12-32(13-17-38)33-14-18-39-35(25-33)26-34(11-9-20-46(39)28-30(3)4)42(47)45-36-15-19-40(31(5)24-36)50-29-37-27-43-41(44-37)10-7-2/h12-19,24-27,30H,6-11,20-23,28-29H2,1-5H3,(H,43,44)(H,45,47). The van der Waals surface area contributed by atoms with Crippen molar-refractivity contribution < 1.29 is 14.3 Å². The van der Waals surface area contributed by atoms with Gasteiger partial charge in [0.1, 0.15) is 18.2 Å². The van der Waals surface area contributed by atoms with E-state index in [2.05, 4.69) is 103 Å². The van der Waals surface area contributed by atoms with E-state index >= 15 is 0 Å². The number of aromatic nitrogens is 2. The molecular weight excluding hydrogens is 641 g/mol. The summed E-state index contributed by atoms with van der Waals surface area (Å²) >= 11 is 1.78. The zero-order chi connectivity index (χ0) is 35.3. The lowest BCUT2D eigenvalue weighted by Crippen LogP contribution is -2.30. The van der Waals surface area contributed by atoms with E-state index in [-0.39, 0.29) is 5.91 Å². The van der Waals surface area contributed by atoms with Gasteiger partial charge in [-0.1, -0.05) is 52.3 Å². The second-order valence-electron chi connectivity index (χ2n) is 13.6. The molecule has 0 atom stereocenters. The quantitative estimate of drug-likeness (QED) is 0.0846. The predicted molar refractivity (Wildman–Crippen MR) is 209 cm³/mol. The Hall–Kier alpha value is -4.01. The molecule has 266 valence electrons. The topological polar surface area (TPSA) is 79.5 Å². The molecule has 50 heavy (non-hydrogen) atoms. The van der Waals surface area contributed by atoms with Crippen LogP contribution in [0.15, 0.2) is 77.3 Å². The maximum atomic E-state index is 13.8. The highest BCUT2D eigenvalue weighted by molar-refractivity contribution is 7.98. The number of anilines is 2. The summed E-state index contributed by atoms with van der Waals surface area (Å²) < 4.78 is 11.5. The number of aryl methyl sites for hydroxylation is 2. The van der Waals surface area contributed by atoms with Crippen LogP contribution in [0.2, 0.25) is 0 Å². The summed E-state index contributed by atoms with van der Waals surface area (Å²) in [6.07, 6.45) is 9.93. The van der Waals surface area contributed by atoms with Crippen molar-refractivity contribution in [1.82, 2.24) is 9.97 Å². The molecule has 1 aromatic heterocycles. The molecule has 0 radical (unpaired) electrons. The van der Waals surface area contributed by atoms with Crippen molar-refractivity contribution in [2.45, 2.75) is 83.8 Å². The number of unbranched alkanes of at least 4 members (excludes halogenated alkanes) is 1.